The Hall–Kier alpha value is -3.14. The fourth-order valence-electron chi connectivity index (χ4n) is 3.10. The molecule has 0 fully saturated rings. The van der Waals surface area contributed by atoms with Gasteiger partial charge in [0.15, 0.2) is 11.5 Å². The second kappa shape index (κ2) is 10.9. The lowest BCUT2D eigenvalue weighted by Gasteiger charge is -2.24. The van der Waals surface area contributed by atoms with Crippen molar-refractivity contribution >= 4 is 50.5 Å². The highest BCUT2D eigenvalue weighted by Crippen LogP contribution is 2.33. The van der Waals surface area contributed by atoms with Gasteiger partial charge >= 0.3 is 0 Å². The zero-order valence-electron chi connectivity index (χ0n) is 18.5. The predicted molar refractivity (Wildman–Crippen MR) is 132 cm³/mol. The zero-order valence-corrected chi connectivity index (χ0v) is 20.9. The largest absolute Gasteiger partial charge is 0.495 e. The van der Waals surface area contributed by atoms with Crippen LogP contribution >= 0.6 is 23.2 Å². The molecule has 0 radical (unpaired) electrons. The van der Waals surface area contributed by atoms with Gasteiger partial charge in [0.05, 0.1) is 36.9 Å². The molecule has 34 heavy (non-hydrogen) atoms. The van der Waals surface area contributed by atoms with Gasteiger partial charge in [0.25, 0.3) is 10.0 Å². The third-order valence-corrected chi connectivity index (χ3v) is 7.10. The van der Waals surface area contributed by atoms with E-state index >= 15 is 0 Å². The Morgan fingerprint density at radius 1 is 0.853 bits per heavy atom. The number of carbonyl (C=O) groups excluding carboxylic acids is 1. The van der Waals surface area contributed by atoms with Crippen LogP contribution in [0.2, 0.25) is 10.0 Å². The third-order valence-electron chi connectivity index (χ3n) is 4.78. The maximum Gasteiger partial charge on any atom is 0.264 e. The number of carbonyl (C=O) groups is 1. The second-order valence-electron chi connectivity index (χ2n) is 6.90. The molecule has 11 heteroatoms. The van der Waals surface area contributed by atoms with Crippen LogP contribution in [0.3, 0.4) is 0 Å². The summed E-state index contributed by atoms with van der Waals surface area (Å²) in [6.07, 6.45) is 0. The Morgan fingerprint density at radius 2 is 1.47 bits per heavy atom. The van der Waals surface area contributed by atoms with Crippen LogP contribution < -0.4 is 23.8 Å². The van der Waals surface area contributed by atoms with Crippen molar-refractivity contribution in [2.24, 2.45) is 0 Å². The lowest BCUT2D eigenvalue weighted by atomic mass is 10.3. The smallest absolute Gasteiger partial charge is 0.264 e. The highest BCUT2D eigenvalue weighted by atomic mass is 35.5. The molecule has 0 unspecified atom stereocenters. The van der Waals surface area contributed by atoms with Crippen molar-refractivity contribution in [3.8, 4) is 17.2 Å². The normalized spacial score (nSPS) is 11.0. The summed E-state index contributed by atoms with van der Waals surface area (Å²) < 4.78 is 43.7. The minimum absolute atomic E-state index is 0.0830. The van der Waals surface area contributed by atoms with E-state index in [0.717, 1.165) is 4.31 Å². The van der Waals surface area contributed by atoms with E-state index in [9.17, 15) is 13.2 Å². The molecule has 0 bridgehead atoms. The van der Waals surface area contributed by atoms with Crippen molar-refractivity contribution < 1.29 is 27.4 Å². The number of benzene rings is 3. The van der Waals surface area contributed by atoms with Crippen molar-refractivity contribution in [2.75, 3.05) is 37.5 Å². The molecule has 3 aromatic carbocycles. The van der Waals surface area contributed by atoms with Gasteiger partial charge in [-0.15, -0.1) is 0 Å². The van der Waals surface area contributed by atoms with Crippen molar-refractivity contribution in [3.05, 3.63) is 70.7 Å². The van der Waals surface area contributed by atoms with Gasteiger partial charge in [-0.2, -0.15) is 0 Å². The van der Waals surface area contributed by atoms with Gasteiger partial charge in [-0.05, 0) is 54.6 Å². The standard InChI is InChI=1S/C23H22Cl2N2O6S/c1-31-20-10-6-16(12-19(20)25)26-23(28)14-27(17-7-4-15(24)5-8-17)34(29,30)18-9-11-21(32-2)22(13-18)33-3/h4-13H,14H2,1-3H3,(H,26,28). The third kappa shape index (κ3) is 5.67. The number of amides is 1. The highest BCUT2D eigenvalue weighted by Gasteiger charge is 2.28. The van der Waals surface area contributed by atoms with E-state index in [-0.39, 0.29) is 16.3 Å². The molecule has 180 valence electrons. The zero-order chi connectivity index (χ0) is 24.9. The Labute approximate surface area is 208 Å². The molecule has 0 atom stereocenters. The average Bonchev–Trinajstić information content (AvgIpc) is 2.82. The van der Waals surface area contributed by atoms with Crippen LogP contribution in [0.25, 0.3) is 0 Å². The number of hydrogen-bond donors (Lipinski definition) is 1. The molecular formula is C23H22Cl2N2O6S. The molecule has 0 spiro atoms. The monoisotopic (exact) mass is 524 g/mol. The van der Waals surface area contributed by atoms with Crippen molar-refractivity contribution in [1.29, 1.82) is 0 Å². The number of nitrogens with zero attached hydrogens (tertiary/aromatic N) is 1. The number of methoxy groups -OCH3 is 3. The van der Waals surface area contributed by atoms with E-state index in [1.165, 1.54) is 69.9 Å². The first-order valence-corrected chi connectivity index (χ1v) is 12.0. The molecule has 0 saturated heterocycles. The summed E-state index contributed by atoms with van der Waals surface area (Å²) in [5, 5.41) is 3.37. The predicted octanol–water partition coefficient (Wildman–Crippen LogP) is 4.85. The lowest BCUT2D eigenvalue weighted by molar-refractivity contribution is -0.114. The van der Waals surface area contributed by atoms with E-state index in [1.807, 2.05) is 0 Å². The molecule has 0 aliphatic heterocycles. The molecule has 1 amide bonds. The quantitative estimate of drug-likeness (QED) is 0.429. The van der Waals surface area contributed by atoms with Crippen molar-refractivity contribution in [3.63, 3.8) is 0 Å². The van der Waals surface area contributed by atoms with E-state index in [0.29, 0.717) is 27.2 Å². The Morgan fingerprint density at radius 3 is 2.06 bits per heavy atom. The van der Waals surface area contributed by atoms with E-state index in [4.69, 9.17) is 37.4 Å². The van der Waals surface area contributed by atoms with Crippen LogP contribution in [0, 0.1) is 0 Å². The maximum absolute atomic E-state index is 13.6. The molecular weight excluding hydrogens is 503 g/mol. The highest BCUT2D eigenvalue weighted by molar-refractivity contribution is 7.92. The van der Waals surface area contributed by atoms with Crippen molar-refractivity contribution in [1.82, 2.24) is 0 Å². The Balaban J connectivity index is 1.96. The molecule has 3 rings (SSSR count). The van der Waals surface area contributed by atoms with Gasteiger partial charge in [-0.3, -0.25) is 9.10 Å². The number of hydrogen-bond acceptors (Lipinski definition) is 6. The van der Waals surface area contributed by atoms with E-state index in [1.54, 1.807) is 12.1 Å². The fraction of sp³-hybridized carbons (Fsp3) is 0.174. The first kappa shape index (κ1) is 25.5. The van der Waals surface area contributed by atoms with E-state index in [2.05, 4.69) is 5.32 Å². The summed E-state index contributed by atoms with van der Waals surface area (Å²) in [7, 11) is 0.139. The number of rotatable bonds is 9. The molecule has 3 aromatic rings. The van der Waals surface area contributed by atoms with Crippen LogP contribution in [-0.2, 0) is 14.8 Å². The maximum atomic E-state index is 13.6. The molecule has 1 N–H and O–H groups in total. The van der Waals surface area contributed by atoms with Crippen LogP contribution in [-0.4, -0.2) is 42.2 Å². The fourth-order valence-corrected chi connectivity index (χ4v) is 4.92. The summed E-state index contributed by atoms with van der Waals surface area (Å²) in [5.41, 5.74) is 0.637. The number of halogens is 2. The van der Waals surface area contributed by atoms with Gasteiger partial charge in [-0.1, -0.05) is 23.2 Å². The molecule has 0 aliphatic rings. The lowest BCUT2D eigenvalue weighted by Crippen LogP contribution is -2.38. The molecule has 0 aromatic heterocycles. The van der Waals surface area contributed by atoms with E-state index < -0.39 is 22.5 Å². The van der Waals surface area contributed by atoms with Gasteiger partial charge < -0.3 is 19.5 Å². The summed E-state index contributed by atoms with van der Waals surface area (Å²) in [6, 6.07) is 15.0. The number of anilines is 2. The summed E-state index contributed by atoms with van der Waals surface area (Å²) in [5.74, 6) is 0.462. The van der Waals surface area contributed by atoms with Crippen molar-refractivity contribution in [2.45, 2.75) is 4.90 Å². The molecule has 0 aliphatic carbocycles. The SMILES string of the molecule is COc1ccc(NC(=O)CN(c2ccc(Cl)cc2)S(=O)(=O)c2ccc(OC)c(OC)c2)cc1Cl. The van der Waals surface area contributed by atoms with Crippen LogP contribution in [0.5, 0.6) is 17.2 Å². The first-order chi connectivity index (χ1) is 16.2. The average molecular weight is 525 g/mol. The van der Waals surface area contributed by atoms with Gasteiger partial charge in [0.2, 0.25) is 5.91 Å². The minimum atomic E-state index is -4.18. The number of ether oxygens (including phenoxy) is 3. The Bertz CT molecular complexity index is 1280. The molecule has 0 saturated carbocycles. The van der Waals surface area contributed by atoms with Crippen LogP contribution in [0.15, 0.2) is 65.6 Å². The summed E-state index contributed by atoms with van der Waals surface area (Å²) in [6.45, 7) is -0.512. The number of sulfonamides is 1. The van der Waals surface area contributed by atoms with Gasteiger partial charge in [0.1, 0.15) is 12.3 Å². The van der Waals surface area contributed by atoms with Gasteiger partial charge in [-0.25, -0.2) is 8.42 Å². The summed E-state index contributed by atoms with van der Waals surface area (Å²) >= 11 is 12.1. The molecule has 8 nitrogen and oxygen atoms in total. The Kier molecular flexibility index (Phi) is 8.14. The topological polar surface area (TPSA) is 94.2 Å². The summed E-state index contributed by atoms with van der Waals surface area (Å²) in [4.78, 5) is 12.8. The minimum Gasteiger partial charge on any atom is -0.495 e. The van der Waals surface area contributed by atoms with Gasteiger partial charge in [0, 0.05) is 16.8 Å². The number of nitrogens with one attached hydrogen (secondary N) is 1. The first-order valence-electron chi connectivity index (χ1n) is 9.83. The molecule has 0 heterocycles. The second-order valence-corrected chi connectivity index (χ2v) is 9.61. The van der Waals surface area contributed by atoms with Crippen LogP contribution in [0.1, 0.15) is 0 Å². The van der Waals surface area contributed by atoms with Crippen LogP contribution in [0.4, 0.5) is 11.4 Å².